The average molecular weight is 151 g/mol. The van der Waals surface area contributed by atoms with E-state index in [-0.39, 0.29) is 6.61 Å². The fourth-order valence-electron chi connectivity index (χ4n) is 0.821. The van der Waals surface area contributed by atoms with E-state index in [9.17, 15) is 0 Å². The number of aliphatic hydroxyl groups is 1. The maximum atomic E-state index is 8.55. The number of nitrogens with one attached hydrogen (secondary N) is 1. The molecule has 0 amide bonds. The molecule has 0 saturated heterocycles. The molecule has 1 aromatic rings. The van der Waals surface area contributed by atoms with Gasteiger partial charge in [0.05, 0.1) is 6.61 Å². The molecule has 0 heterocycles. The second kappa shape index (κ2) is 3.95. The second-order valence-corrected chi connectivity index (χ2v) is 2.15. The van der Waals surface area contributed by atoms with Gasteiger partial charge < -0.3 is 10.5 Å². The summed E-state index contributed by atoms with van der Waals surface area (Å²) >= 11 is 0. The van der Waals surface area contributed by atoms with Crippen LogP contribution < -0.4 is 11.3 Å². The minimum atomic E-state index is 0.0649. The highest BCUT2D eigenvalue weighted by Crippen LogP contribution is 2.08. The molecule has 0 aliphatic heterocycles. The maximum absolute atomic E-state index is 8.55. The van der Waals surface area contributed by atoms with Crippen LogP contribution in [0.5, 0.6) is 0 Å². The topological polar surface area (TPSA) is 58.3 Å². The van der Waals surface area contributed by atoms with Gasteiger partial charge in [-0.3, -0.25) is 5.84 Å². The van der Waals surface area contributed by atoms with Gasteiger partial charge in [0.2, 0.25) is 0 Å². The number of rotatable bonds is 3. The van der Waals surface area contributed by atoms with Crippen LogP contribution in [0.2, 0.25) is 0 Å². The van der Waals surface area contributed by atoms with Gasteiger partial charge in [0, 0.05) is 12.1 Å². The highest BCUT2D eigenvalue weighted by atomic mass is 16.2. The SMILES string of the molecule is NNc1ccc([CH]CO)cc1. The lowest BCUT2D eigenvalue weighted by Gasteiger charge is -2.00. The van der Waals surface area contributed by atoms with Crippen molar-refractivity contribution in [3.63, 3.8) is 0 Å². The van der Waals surface area contributed by atoms with Gasteiger partial charge in [-0.05, 0) is 17.7 Å². The molecule has 1 radical (unpaired) electrons. The number of hydrogen-bond acceptors (Lipinski definition) is 3. The lowest BCUT2D eigenvalue weighted by atomic mass is 10.1. The summed E-state index contributed by atoms with van der Waals surface area (Å²) in [7, 11) is 0. The smallest absolute Gasteiger partial charge is 0.0506 e. The molecule has 0 aliphatic rings. The first kappa shape index (κ1) is 8.04. The van der Waals surface area contributed by atoms with E-state index in [0.29, 0.717) is 0 Å². The van der Waals surface area contributed by atoms with Gasteiger partial charge >= 0.3 is 0 Å². The number of anilines is 1. The van der Waals surface area contributed by atoms with Crippen molar-refractivity contribution in [1.82, 2.24) is 0 Å². The molecule has 3 nitrogen and oxygen atoms in total. The standard InChI is InChI=1S/C8H11N2O/c9-10-8-3-1-7(2-4-8)5-6-11/h1-5,10-11H,6,9H2. The molecular formula is C8H11N2O. The average Bonchev–Trinajstić information content (AvgIpc) is 2.07. The van der Waals surface area contributed by atoms with Gasteiger partial charge in [-0.1, -0.05) is 12.1 Å². The lowest BCUT2D eigenvalue weighted by Crippen LogP contribution is -2.06. The molecule has 0 bridgehead atoms. The third-order valence-corrected chi connectivity index (χ3v) is 1.40. The van der Waals surface area contributed by atoms with Gasteiger partial charge in [0.1, 0.15) is 0 Å². The predicted octanol–water partition coefficient (Wildman–Crippen LogP) is 0.517. The molecule has 0 aliphatic carbocycles. The molecule has 1 rings (SSSR count). The van der Waals surface area contributed by atoms with E-state index in [1.165, 1.54) is 0 Å². The lowest BCUT2D eigenvalue weighted by molar-refractivity contribution is 0.331. The first-order valence-electron chi connectivity index (χ1n) is 3.37. The van der Waals surface area contributed by atoms with Gasteiger partial charge in [0.25, 0.3) is 0 Å². The molecule has 0 atom stereocenters. The number of benzene rings is 1. The Bertz CT molecular complexity index is 208. The Morgan fingerprint density at radius 1 is 1.36 bits per heavy atom. The van der Waals surface area contributed by atoms with Crippen LogP contribution in [0, 0.1) is 6.42 Å². The molecule has 59 valence electrons. The van der Waals surface area contributed by atoms with Gasteiger partial charge in [-0.15, -0.1) is 0 Å². The summed E-state index contributed by atoms with van der Waals surface area (Å²) < 4.78 is 0. The number of hydrazine groups is 1. The monoisotopic (exact) mass is 151 g/mol. The van der Waals surface area contributed by atoms with E-state index < -0.39 is 0 Å². The Morgan fingerprint density at radius 2 is 2.00 bits per heavy atom. The first-order chi connectivity index (χ1) is 5.36. The fraction of sp³-hybridized carbons (Fsp3) is 0.125. The molecule has 0 spiro atoms. The fourth-order valence-corrected chi connectivity index (χ4v) is 0.821. The van der Waals surface area contributed by atoms with Gasteiger partial charge in [0.15, 0.2) is 0 Å². The van der Waals surface area contributed by atoms with E-state index in [4.69, 9.17) is 10.9 Å². The van der Waals surface area contributed by atoms with Crippen LogP contribution in [0.3, 0.4) is 0 Å². The van der Waals surface area contributed by atoms with Crippen molar-refractivity contribution in [3.8, 4) is 0 Å². The summed E-state index contributed by atoms with van der Waals surface area (Å²) in [6.07, 6.45) is 1.72. The molecule has 0 unspecified atom stereocenters. The van der Waals surface area contributed by atoms with Crippen LogP contribution in [-0.4, -0.2) is 11.7 Å². The van der Waals surface area contributed by atoms with Crippen molar-refractivity contribution in [2.24, 2.45) is 5.84 Å². The van der Waals surface area contributed by atoms with Crippen molar-refractivity contribution in [3.05, 3.63) is 36.2 Å². The Hall–Kier alpha value is -1.06. The molecule has 3 heteroatoms. The Kier molecular flexibility index (Phi) is 2.89. The minimum Gasteiger partial charge on any atom is -0.396 e. The minimum absolute atomic E-state index is 0.0649. The van der Waals surface area contributed by atoms with Crippen LogP contribution >= 0.6 is 0 Å². The van der Waals surface area contributed by atoms with Crippen LogP contribution in [-0.2, 0) is 0 Å². The maximum Gasteiger partial charge on any atom is 0.0506 e. The highest BCUT2D eigenvalue weighted by molar-refractivity contribution is 5.44. The molecular weight excluding hydrogens is 140 g/mol. The first-order valence-corrected chi connectivity index (χ1v) is 3.37. The number of aliphatic hydroxyl groups excluding tert-OH is 1. The van der Waals surface area contributed by atoms with Crippen molar-refractivity contribution in [2.75, 3.05) is 12.0 Å². The summed E-state index contributed by atoms with van der Waals surface area (Å²) in [5.41, 5.74) is 4.37. The number of nitrogen functional groups attached to an aromatic ring is 1. The zero-order valence-corrected chi connectivity index (χ0v) is 6.12. The number of nitrogens with two attached hydrogens (primary N) is 1. The largest absolute Gasteiger partial charge is 0.396 e. The molecule has 1 aromatic carbocycles. The zero-order valence-electron chi connectivity index (χ0n) is 6.12. The number of hydrogen-bond donors (Lipinski definition) is 3. The summed E-state index contributed by atoms with van der Waals surface area (Å²) in [5.74, 6) is 5.16. The summed E-state index contributed by atoms with van der Waals surface area (Å²) in [4.78, 5) is 0. The van der Waals surface area contributed by atoms with Crippen LogP contribution in [0.15, 0.2) is 24.3 Å². The normalized spacial score (nSPS) is 9.64. The van der Waals surface area contributed by atoms with E-state index in [0.717, 1.165) is 11.3 Å². The zero-order chi connectivity index (χ0) is 8.10. The second-order valence-electron chi connectivity index (χ2n) is 2.15. The molecule has 4 N–H and O–H groups in total. The van der Waals surface area contributed by atoms with E-state index in [1.807, 2.05) is 24.3 Å². The third-order valence-electron chi connectivity index (χ3n) is 1.40. The Balaban J connectivity index is 2.66. The van der Waals surface area contributed by atoms with Gasteiger partial charge in [-0.2, -0.15) is 0 Å². The van der Waals surface area contributed by atoms with Crippen molar-refractivity contribution >= 4 is 5.69 Å². The summed E-state index contributed by atoms with van der Waals surface area (Å²) in [6.45, 7) is 0.0649. The van der Waals surface area contributed by atoms with Crippen LogP contribution in [0.4, 0.5) is 5.69 Å². The van der Waals surface area contributed by atoms with Crippen LogP contribution in [0.25, 0.3) is 0 Å². The molecule has 0 saturated carbocycles. The van der Waals surface area contributed by atoms with Crippen molar-refractivity contribution in [1.29, 1.82) is 0 Å². The Labute approximate surface area is 65.8 Å². The van der Waals surface area contributed by atoms with Crippen molar-refractivity contribution < 1.29 is 5.11 Å². The highest BCUT2D eigenvalue weighted by Gasteiger charge is 1.91. The quantitative estimate of drug-likeness (QED) is 0.436. The molecule has 11 heavy (non-hydrogen) atoms. The summed E-state index contributed by atoms with van der Waals surface area (Å²) in [6, 6.07) is 7.46. The Morgan fingerprint density at radius 3 is 2.45 bits per heavy atom. The van der Waals surface area contributed by atoms with Gasteiger partial charge in [-0.25, -0.2) is 0 Å². The molecule has 0 aromatic heterocycles. The third kappa shape index (κ3) is 2.22. The molecule has 0 fully saturated rings. The van der Waals surface area contributed by atoms with E-state index in [2.05, 4.69) is 5.43 Å². The van der Waals surface area contributed by atoms with Crippen LogP contribution in [0.1, 0.15) is 5.56 Å². The van der Waals surface area contributed by atoms with E-state index >= 15 is 0 Å². The van der Waals surface area contributed by atoms with Crippen molar-refractivity contribution in [2.45, 2.75) is 0 Å². The summed E-state index contributed by atoms with van der Waals surface area (Å²) in [5, 5.41) is 8.55. The van der Waals surface area contributed by atoms with E-state index in [1.54, 1.807) is 6.42 Å². The predicted molar refractivity (Wildman–Crippen MR) is 44.7 cm³/mol.